The summed E-state index contributed by atoms with van der Waals surface area (Å²) in [6.07, 6.45) is 0. The van der Waals surface area contributed by atoms with Crippen LogP contribution < -0.4 is 10.1 Å². The number of hydrogen-bond acceptors (Lipinski definition) is 2. The molecule has 0 aromatic heterocycles. The molecule has 0 spiro atoms. The number of ether oxygens (including phenoxy) is 1. The molecule has 2 nitrogen and oxygen atoms in total. The number of hydrogen-bond donors (Lipinski definition) is 1. The number of anilines is 1. The first-order valence-electron chi connectivity index (χ1n) is 6.06. The molecule has 20 heavy (non-hydrogen) atoms. The van der Waals surface area contributed by atoms with Crippen molar-refractivity contribution in [2.75, 3.05) is 12.4 Å². The van der Waals surface area contributed by atoms with Crippen molar-refractivity contribution < 1.29 is 4.74 Å². The van der Waals surface area contributed by atoms with Crippen LogP contribution in [-0.2, 0) is 0 Å². The lowest BCUT2D eigenvalue weighted by Gasteiger charge is -2.18. The van der Waals surface area contributed by atoms with Gasteiger partial charge in [-0.2, -0.15) is 0 Å². The summed E-state index contributed by atoms with van der Waals surface area (Å²) in [4.78, 5) is 0. The monoisotopic (exact) mass is 373 g/mol. The van der Waals surface area contributed by atoms with Crippen LogP contribution in [-0.4, -0.2) is 7.11 Å². The molecule has 0 aliphatic rings. The summed E-state index contributed by atoms with van der Waals surface area (Å²) in [7, 11) is 1.63. The van der Waals surface area contributed by atoms with Crippen LogP contribution in [0.2, 0.25) is 10.0 Å². The van der Waals surface area contributed by atoms with Crippen molar-refractivity contribution >= 4 is 44.8 Å². The van der Waals surface area contributed by atoms with Gasteiger partial charge in [0.2, 0.25) is 0 Å². The van der Waals surface area contributed by atoms with Crippen molar-refractivity contribution in [1.82, 2.24) is 0 Å². The summed E-state index contributed by atoms with van der Waals surface area (Å²) in [6.45, 7) is 2.03. The smallest absolute Gasteiger partial charge is 0.121 e. The Morgan fingerprint density at radius 3 is 2.50 bits per heavy atom. The summed E-state index contributed by atoms with van der Waals surface area (Å²) in [5, 5.41) is 4.70. The molecule has 0 aliphatic heterocycles. The van der Waals surface area contributed by atoms with Crippen LogP contribution >= 0.6 is 39.1 Å². The third-order valence-electron chi connectivity index (χ3n) is 2.97. The van der Waals surface area contributed by atoms with Gasteiger partial charge >= 0.3 is 0 Å². The average molecular weight is 375 g/mol. The number of rotatable bonds is 4. The molecular weight excluding hydrogens is 361 g/mol. The fourth-order valence-electron chi connectivity index (χ4n) is 1.91. The van der Waals surface area contributed by atoms with Crippen LogP contribution in [0.4, 0.5) is 5.69 Å². The van der Waals surface area contributed by atoms with E-state index in [0.29, 0.717) is 10.0 Å². The van der Waals surface area contributed by atoms with Crippen molar-refractivity contribution in [3.05, 3.63) is 56.5 Å². The van der Waals surface area contributed by atoms with Crippen molar-refractivity contribution in [2.45, 2.75) is 13.0 Å². The van der Waals surface area contributed by atoms with Gasteiger partial charge in [-0.05, 0) is 36.8 Å². The Kier molecular flexibility index (Phi) is 5.19. The summed E-state index contributed by atoms with van der Waals surface area (Å²) in [5.74, 6) is 0.756. The molecule has 0 aliphatic carbocycles. The van der Waals surface area contributed by atoms with E-state index in [9.17, 15) is 0 Å². The lowest BCUT2D eigenvalue weighted by atomic mass is 10.1. The van der Waals surface area contributed by atoms with Crippen LogP contribution in [0.1, 0.15) is 18.5 Å². The third-order valence-corrected chi connectivity index (χ3v) is 4.12. The molecular formula is C15H14BrCl2NO. The van der Waals surface area contributed by atoms with E-state index in [4.69, 9.17) is 27.9 Å². The van der Waals surface area contributed by atoms with Crippen LogP contribution in [0.5, 0.6) is 5.75 Å². The highest BCUT2D eigenvalue weighted by Gasteiger charge is 2.12. The highest BCUT2D eigenvalue weighted by atomic mass is 79.9. The molecule has 5 heteroatoms. The Bertz CT molecular complexity index is 619. The predicted octanol–water partition coefficient (Wildman–Crippen LogP) is 5.94. The Hall–Kier alpha value is -0.900. The fraction of sp³-hybridized carbons (Fsp3) is 0.200. The normalized spacial score (nSPS) is 12.1. The van der Waals surface area contributed by atoms with Gasteiger partial charge in [0, 0.05) is 15.6 Å². The van der Waals surface area contributed by atoms with Crippen LogP contribution in [0.15, 0.2) is 40.9 Å². The zero-order valence-corrected chi connectivity index (χ0v) is 14.2. The highest BCUT2D eigenvalue weighted by Crippen LogP contribution is 2.32. The second kappa shape index (κ2) is 6.70. The molecule has 2 aromatic carbocycles. The Labute approximate surface area is 137 Å². The number of nitrogens with one attached hydrogen (secondary N) is 1. The van der Waals surface area contributed by atoms with E-state index in [1.54, 1.807) is 13.2 Å². The third kappa shape index (κ3) is 3.60. The number of methoxy groups -OCH3 is 1. The first kappa shape index (κ1) is 15.5. The van der Waals surface area contributed by atoms with E-state index >= 15 is 0 Å². The summed E-state index contributed by atoms with van der Waals surface area (Å²) in [5.41, 5.74) is 1.83. The number of benzene rings is 2. The van der Waals surface area contributed by atoms with Crippen LogP contribution in [0.3, 0.4) is 0 Å². The second-order valence-corrected chi connectivity index (χ2v) is 6.11. The lowest BCUT2D eigenvalue weighted by Crippen LogP contribution is -2.07. The van der Waals surface area contributed by atoms with Gasteiger partial charge in [0.05, 0.1) is 23.9 Å². The van der Waals surface area contributed by atoms with Gasteiger partial charge in [0.1, 0.15) is 5.75 Å². The molecule has 0 amide bonds. The maximum absolute atomic E-state index is 6.26. The molecule has 0 fully saturated rings. The molecule has 0 bridgehead atoms. The molecule has 2 aromatic rings. The van der Waals surface area contributed by atoms with Crippen molar-refractivity contribution in [1.29, 1.82) is 0 Å². The van der Waals surface area contributed by atoms with E-state index in [1.807, 2.05) is 37.3 Å². The molecule has 106 valence electrons. The summed E-state index contributed by atoms with van der Waals surface area (Å²) < 4.78 is 6.16. The molecule has 1 N–H and O–H groups in total. The zero-order valence-electron chi connectivity index (χ0n) is 11.1. The SMILES string of the molecule is COc1ccc(Cl)c(NC(C)c2ccc(Br)cc2Cl)c1. The van der Waals surface area contributed by atoms with Crippen LogP contribution in [0.25, 0.3) is 0 Å². The quantitative estimate of drug-likeness (QED) is 0.715. The molecule has 2 rings (SSSR count). The minimum atomic E-state index is 0.0280. The minimum absolute atomic E-state index is 0.0280. The number of halogens is 3. The highest BCUT2D eigenvalue weighted by molar-refractivity contribution is 9.10. The lowest BCUT2D eigenvalue weighted by molar-refractivity contribution is 0.415. The fourth-order valence-corrected chi connectivity index (χ4v) is 2.91. The molecule has 1 atom stereocenters. The van der Waals surface area contributed by atoms with Gasteiger partial charge in [-0.25, -0.2) is 0 Å². The minimum Gasteiger partial charge on any atom is -0.497 e. The van der Waals surface area contributed by atoms with E-state index in [-0.39, 0.29) is 6.04 Å². The second-order valence-electron chi connectivity index (χ2n) is 4.38. The van der Waals surface area contributed by atoms with E-state index in [2.05, 4.69) is 21.2 Å². The van der Waals surface area contributed by atoms with Crippen molar-refractivity contribution in [3.63, 3.8) is 0 Å². The molecule has 0 saturated heterocycles. The molecule has 0 saturated carbocycles. The Morgan fingerprint density at radius 1 is 1.10 bits per heavy atom. The predicted molar refractivity (Wildman–Crippen MR) is 89.2 cm³/mol. The van der Waals surface area contributed by atoms with Crippen molar-refractivity contribution in [3.8, 4) is 5.75 Å². The van der Waals surface area contributed by atoms with Gasteiger partial charge in [-0.15, -0.1) is 0 Å². The molecule has 1 unspecified atom stereocenters. The van der Waals surface area contributed by atoms with Gasteiger partial charge in [-0.3, -0.25) is 0 Å². The zero-order chi connectivity index (χ0) is 14.7. The molecule has 0 heterocycles. The van der Waals surface area contributed by atoms with Gasteiger partial charge in [0.25, 0.3) is 0 Å². The maximum atomic E-state index is 6.26. The Balaban J connectivity index is 2.25. The first-order valence-corrected chi connectivity index (χ1v) is 7.61. The van der Waals surface area contributed by atoms with Crippen molar-refractivity contribution in [2.24, 2.45) is 0 Å². The van der Waals surface area contributed by atoms with Crippen LogP contribution in [0, 0.1) is 0 Å². The topological polar surface area (TPSA) is 21.3 Å². The summed E-state index contributed by atoms with van der Waals surface area (Å²) in [6, 6.07) is 11.3. The van der Waals surface area contributed by atoms with Gasteiger partial charge in [0.15, 0.2) is 0 Å². The standard InChI is InChI=1S/C15H14BrCl2NO/c1-9(12-5-3-10(16)7-14(12)18)19-15-8-11(20-2)4-6-13(15)17/h3-9,19H,1-2H3. The summed E-state index contributed by atoms with van der Waals surface area (Å²) >= 11 is 15.9. The van der Waals surface area contributed by atoms with E-state index in [1.165, 1.54) is 0 Å². The Morgan fingerprint density at radius 2 is 1.85 bits per heavy atom. The molecule has 0 radical (unpaired) electrons. The maximum Gasteiger partial charge on any atom is 0.121 e. The van der Waals surface area contributed by atoms with Gasteiger partial charge in [-0.1, -0.05) is 45.2 Å². The average Bonchev–Trinajstić information content (AvgIpc) is 2.41. The first-order chi connectivity index (χ1) is 9.51. The largest absolute Gasteiger partial charge is 0.497 e. The van der Waals surface area contributed by atoms with E-state index in [0.717, 1.165) is 21.5 Å². The van der Waals surface area contributed by atoms with E-state index < -0.39 is 0 Å². The van der Waals surface area contributed by atoms with Gasteiger partial charge < -0.3 is 10.1 Å².